The normalized spacial score (nSPS) is 30.4. The van der Waals surface area contributed by atoms with Gasteiger partial charge < -0.3 is 18.9 Å². The van der Waals surface area contributed by atoms with Crippen molar-refractivity contribution in [2.75, 3.05) is 0 Å². The van der Waals surface area contributed by atoms with Crippen LogP contribution in [0.2, 0.25) is 0 Å². The summed E-state index contributed by atoms with van der Waals surface area (Å²) in [7, 11) is 0. The Kier molecular flexibility index (Phi) is 3.79. The molecule has 26 heavy (non-hydrogen) atoms. The van der Waals surface area contributed by atoms with Crippen molar-refractivity contribution in [1.82, 2.24) is 0 Å². The van der Waals surface area contributed by atoms with Crippen molar-refractivity contribution in [1.29, 1.82) is 0 Å². The molecule has 0 saturated carbocycles. The topological polar surface area (TPSA) is 88.1 Å². The number of carbonyl (C=O) groups excluding carboxylic acids is 3. The molecule has 2 aliphatic heterocycles. The largest absolute Gasteiger partial charge is 0.458 e. The van der Waals surface area contributed by atoms with Gasteiger partial charge in [0.15, 0.2) is 0 Å². The number of ether oxygens (including phenoxy) is 4. The predicted octanol–water partition coefficient (Wildman–Crippen LogP) is 2.25. The van der Waals surface area contributed by atoms with Gasteiger partial charge in [0.1, 0.15) is 12.2 Å². The van der Waals surface area contributed by atoms with E-state index in [0.717, 1.165) is 11.1 Å². The standard InChI is InChI=1S/C19H16O7/c1-9-7-14(25-18(9)21)23-8-13-15-16(24-10(2)20)11-5-3-4-6-12(11)17(15)26-19(13)22/h3-8,14-17H,1-2H3/b13-8+/t14-,15-,16?,17+/m1/s1. The van der Waals surface area contributed by atoms with Crippen LogP contribution in [0.3, 0.4) is 0 Å². The van der Waals surface area contributed by atoms with Crippen molar-refractivity contribution in [2.45, 2.75) is 32.3 Å². The molecule has 1 unspecified atom stereocenters. The van der Waals surface area contributed by atoms with Gasteiger partial charge in [0.25, 0.3) is 6.29 Å². The summed E-state index contributed by atoms with van der Waals surface area (Å²) in [6.45, 7) is 2.93. The van der Waals surface area contributed by atoms with E-state index < -0.39 is 42.3 Å². The Hall–Kier alpha value is -3.09. The monoisotopic (exact) mass is 356 g/mol. The van der Waals surface area contributed by atoms with Gasteiger partial charge in [-0.1, -0.05) is 24.3 Å². The van der Waals surface area contributed by atoms with Crippen molar-refractivity contribution < 1.29 is 33.3 Å². The number of hydrogen-bond acceptors (Lipinski definition) is 7. The average Bonchev–Trinajstić information content (AvgIpc) is 3.19. The maximum Gasteiger partial charge on any atom is 0.338 e. The van der Waals surface area contributed by atoms with E-state index in [9.17, 15) is 14.4 Å². The molecule has 0 spiro atoms. The van der Waals surface area contributed by atoms with Crippen LogP contribution in [0, 0.1) is 5.92 Å². The van der Waals surface area contributed by atoms with E-state index in [1.165, 1.54) is 19.3 Å². The fourth-order valence-electron chi connectivity index (χ4n) is 3.51. The average molecular weight is 356 g/mol. The first kappa shape index (κ1) is 16.4. The van der Waals surface area contributed by atoms with Crippen LogP contribution >= 0.6 is 0 Å². The third kappa shape index (κ3) is 2.56. The van der Waals surface area contributed by atoms with E-state index >= 15 is 0 Å². The third-order valence-corrected chi connectivity index (χ3v) is 4.64. The molecular formula is C19H16O7. The van der Waals surface area contributed by atoms with Gasteiger partial charge in [-0.25, -0.2) is 9.59 Å². The number of hydrogen-bond donors (Lipinski definition) is 0. The molecule has 134 valence electrons. The van der Waals surface area contributed by atoms with E-state index in [4.69, 9.17) is 18.9 Å². The quantitative estimate of drug-likeness (QED) is 0.355. The molecule has 4 rings (SSSR count). The van der Waals surface area contributed by atoms with Crippen molar-refractivity contribution in [2.24, 2.45) is 5.92 Å². The fraction of sp³-hybridized carbons (Fsp3) is 0.316. The first-order valence-electron chi connectivity index (χ1n) is 8.17. The van der Waals surface area contributed by atoms with Gasteiger partial charge in [-0.3, -0.25) is 4.79 Å². The highest BCUT2D eigenvalue weighted by Gasteiger charge is 2.53. The predicted molar refractivity (Wildman–Crippen MR) is 86.1 cm³/mol. The molecule has 0 N–H and O–H groups in total. The molecule has 0 aromatic heterocycles. The minimum Gasteiger partial charge on any atom is -0.458 e. The Morgan fingerprint density at radius 1 is 1.12 bits per heavy atom. The van der Waals surface area contributed by atoms with E-state index in [0.29, 0.717) is 5.57 Å². The first-order valence-corrected chi connectivity index (χ1v) is 8.17. The van der Waals surface area contributed by atoms with Gasteiger partial charge in [0.2, 0.25) is 0 Å². The Morgan fingerprint density at radius 3 is 2.50 bits per heavy atom. The van der Waals surface area contributed by atoms with Crippen LogP contribution in [0.1, 0.15) is 37.2 Å². The Labute approximate surface area is 149 Å². The first-order chi connectivity index (χ1) is 12.5. The zero-order valence-corrected chi connectivity index (χ0v) is 14.1. The highest BCUT2D eigenvalue weighted by molar-refractivity contribution is 5.92. The van der Waals surface area contributed by atoms with Crippen LogP contribution in [-0.2, 0) is 33.3 Å². The van der Waals surface area contributed by atoms with E-state index in [-0.39, 0.29) is 5.57 Å². The zero-order chi connectivity index (χ0) is 18.4. The lowest BCUT2D eigenvalue weighted by Crippen LogP contribution is -2.17. The third-order valence-electron chi connectivity index (χ3n) is 4.64. The maximum absolute atomic E-state index is 12.3. The maximum atomic E-state index is 12.3. The number of cyclic esters (lactones) is 1. The minimum absolute atomic E-state index is 0.242. The summed E-state index contributed by atoms with van der Waals surface area (Å²) in [6, 6.07) is 7.37. The molecule has 1 aliphatic carbocycles. The summed E-state index contributed by atoms with van der Waals surface area (Å²) in [6.07, 6.45) is 0.685. The summed E-state index contributed by atoms with van der Waals surface area (Å²) >= 11 is 0. The smallest absolute Gasteiger partial charge is 0.338 e. The van der Waals surface area contributed by atoms with Crippen LogP contribution in [0.15, 0.2) is 47.7 Å². The molecule has 1 aromatic rings. The van der Waals surface area contributed by atoms with Crippen LogP contribution in [0.25, 0.3) is 0 Å². The SMILES string of the molecule is CC(=O)OC1c2ccccc2[C@@H]2OC(=O)/C(=C/O[C@H]3C=C(C)C(=O)O3)[C@H]12. The summed E-state index contributed by atoms with van der Waals surface area (Å²) in [5, 5.41) is 0. The van der Waals surface area contributed by atoms with Crippen LogP contribution in [0.4, 0.5) is 0 Å². The molecule has 0 amide bonds. The van der Waals surface area contributed by atoms with Crippen molar-refractivity contribution >= 4 is 17.9 Å². The molecule has 2 heterocycles. The zero-order valence-electron chi connectivity index (χ0n) is 14.1. The Balaban J connectivity index is 1.65. The van der Waals surface area contributed by atoms with Gasteiger partial charge in [-0.2, -0.15) is 0 Å². The highest BCUT2D eigenvalue weighted by atomic mass is 16.7. The van der Waals surface area contributed by atoms with E-state index in [1.54, 1.807) is 6.92 Å². The van der Waals surface area contributed by atoms with Crippen molar-refractivity contribution in [3.05, 3.63) is 58.9 Å². The summed E-state index contributed by atoms with van der Waals surface area (Å²) in [5.41, 5.74) is 2.29. The molecule has 1 saturated heterocycles. The minimum atomic E-state index is -0.891. The lowest BCUT2D eigenvalue weighted by atomic mass is 9.95. The fourth-order valence-corrected chi connectivity index (χ4v) is 3.51. The summed E-state index contributed by atoms with van der Waals surface area (Å²) in [4.78, 5) is 35.3. The van der Waals surface area contributed by atoms with Gasteiger partial charge in [-0.05, 0) is 6.92 Å². The second kappa shape index (κ2) is 6.01. The second-order valence-corrected chi connectivity index (χ2v) is 6.34. The lowest BCUT2D eigenvalue weighted by molar-refractivity contribution is -0.153. The van der Waals surface area contributed by atoms with Gasteiger partial charge in [-0.15, -0.1) is 0 Å². The molecule has 7 nitrogen and oxygen atoms in total. The Bertz CT molecular complexity index is 866. The van der Waals surface area contributed by atoms with Crippen LogP contribution in [0.5, 0.6) is 0 Å². The summed E-state index contributed by atoms with van der Waals surface area (Å²) < 4.78 is 21.4. The molecule has 1 fully saturated rings. The van der Waals surface area contributed by atoms with Gasteiger partial charge in [0, 0.05) is 29.7 Å². The van der Waals surface area contributed by atoms with E-state index in [2.05, 4.69) is 0 Å². The molecular weight excluding hydrogens is 340 g/mol. The Morgan fingerprint density at radius 2 is 1.85 bits per heavy atom. The van der Waals surface area contributed by atoms with Gasteiger partial charge in [0.05, 0.1) is 17.8 Å². The van der Waals surface area contributed by atoms with E-state index in [1.807, 2.05) is 24.3 Å². The molecule has 4 atom stereocenters. The molecule has 1 aromatic carbocycles. The molecule has 0 bridgehead atoms. The van der Waals surface area contributed by atoms with Gasteiger partial charge >= 0.3 is 17.9 Å². The second-order valence-electron chi connectivity index (χ2n) is 6.34. The highest BCUT2D eigenvalue weighted by Crippen LogP contribution is 2.55. The molecule has 7 heteroatoms. The van der Waals surface area contributed by atoms with Crippen LogP contribution in [-0.4, -0.2) is 24.2 Å². The number of benzene rings is 1. The number of rotatable bonds is 3. The van der Waals surface area contributed by atoms with Crippen molar-refractivity contribution in [3.8, 4) is 0 Å². The number of fused-ring (bicyclic) bond motifs is 3. The molecule has 3 aliphatic rings. The number of esters is 3. The molecule has 0 radical (unpaired) electrons. The summed E-state index contributed by atoms with van der Waals surface area (Å²) in [5.74, 6) is -1.97. The lowest BCUT2D eigenvalue weighted by Gasteiger charge is -2.18. The number of carbonyl (C=O) groups is 3. The van der Waals surface area contributed by atoms with Crippen molar-refractivity contribution in [3.63, 3.8) is 0 Å². The van der Waals surface area contributed by atoms with Crippen LogP contribution < -0.4 is 0 Å².